The van der Waals surface area contributed by atoms with Crippen LogP contribution in [0.25, 0.3) is 11.3 Å². The normalized spacial score (nSPS) is 10.6. The maximum Gasteiger partial charge on any atom is 0.193 e. The van der Waals surface area contributed by atoms with Gasteiger partial charge in [-0.3, -0.25) is 0 Å². The molecule has 2 aromatic rings. The van der Waals surface area contributed by atoms with Gasteiger partial charge in [-0.05, 0) is 44.0 Å². The fraction of sp³-hybridized carbons (Fsp3) is 0.308. The van der Waals surface area contributed by atoms with E-state index in [-0.39, 0.29) is 0 Å². The Morgan fingerprint density at radius 2 is 1.82 bits per heavy atom. The van der Waals surface area contributed by atoms with Gasteiger partial charge in [-0.1, -0.05) is 5.16 Å². The highest BCUT2D eigenvalue weighted by molar-refractivity contribution is 5.77. The van der Waals surface area contributed by atoms with Crippen molar-refractivity contribution >= 4 is 5.69 Å². The summed E-state index contributed by atoms with van der Waals surface area (Å²) < 4.78 is 10.6. The van der Waals surface area contributed by atoms with Gasteiger partial charge in [0.1, 0.15) is 17.1 Å². The van der Waals surface area contributed by atoms with Crippen LogP contribution in [0.3, 0.4) is 0 Å². The summed E-state index contributed by atoms with van der Waals surface area (Å²) in [4.78, 5) is 0. The van der Waals surface area contributed by atoms with Gasteiger partial charge in [0.05, 0.1) is 12.7 Å². The quantitative estimate of drug-likeness (QED) is 0.864. The fourth-order valence-electron chi connectivity index (χ4n) is 1.71. The molecular formula is C13H16N2O2. The van der Waals surface area contributed by atoms with Crippen LogP contribution in [0, 0.1) is 20.8 Å². The van der Waals surface area contributed by atoms with Crippen molar-refractivity contribution in [1.82, 2.24) is 5.16 Å². The summed E-state index contributed by atoms with van der Waals surface area (Å²) in [6.07, 6.45) is 0. The molecule has 0 fully saturated rings. The topological polar surface area (TPSA) is 61.3 Å². The van der Waals surface area contributed by atoms with Gasteiger partial charge in [-0.25, -0.2) is 0 Å². The molecule has 0 atom stereocenters. The van der Waals surface area contributed by atoms with Gasteiger partial charge in [0.25, 0.3) is 0 Å². The summed E-state index contributed by atoms with van der Waals surface area (Å²) in [5.41, 5.74) is 10.4. The Morgan fingerprint density at radius 1 is 1.18 bits per heavy atom. The van der Waals surface area contributed by atoms with Gasteiger partial charge < -0.3 is 15.0 Å². The Balaban J connectivity index is 2.66. The number of nitrogen functional groups attached to an aromatic ring is 1. The molecule has 1 aromatic carbocycles. The molecule has 0 spiro atoms. The van der Waals surface area contributed by atoms with Crippen LogP contribution >= 0.6 is 0 Å². The largest absolute Gasteiger partial charge is 0.496 e. The molecular weight excluding hydrogens is 216 g/mol. The van der Waals surface area contributed by atoms with E-state index in [9.17, 15) is 0 Å². The van der Waals surface area contributed by atoms with E-state index in [2.05, 4.69) is 5.16 Å². The number of aromatic nitrogens is 1. The van der Waals surface area contributed by atoms with E-state index in [0.717, 1.165) is 16.9 Å². The maximum absolute atomic E-state index is 5.93. The van der Waals surface area contributed by atoms with Crippen molar-refractivity contribution in [2.24, 2.45) is 0 Å². The van der Waals surface area contributed by atoms with Crippen molar-refractivity contribution < 1.29 is 9.26 Å². The molecule has 0 aliphatic heterocycles. The van der Waals surface area contributed by atoms with E-state index < -0.39 is 0 Å². The molecule has 4 nitrogen and oxygen atoms in total. The van der Waals surface area contributed by atoms with Gasteiger partial charge >= 0.3 is 0 Å². The van der Waals surface area contributed by atoms with Crippen molar-refractivity contribution in [3.63, 3.8) is 0 Å². The van der Waals surface area contributed by atoms with Crippen LogP contribution < -0.4 is 10.5 Å². The lowest BCUT2D eigenvalue weighted by molar-refractivity contribution is 0.404. The number of hydrogen-bond donors (Lipinski definition) is 1. The minimum atomic E-state index is 0.562. The smallest absolute Gasteiger partial charge is 0.193 e. The predicted molar refractivity (Wildman–Crippen MR) is 67.1 cm³/mol. The zero-order valence-electron chi connectivity index (χ0n) is 10.5. The summed E-state index contributed by atoms with van der Waals surface area (Å²) in [6, 6.07) is 3.98. The fourth-order valence-corrected chi connectivity index (χ4v) is 1.71. The van der Waals surface area contributed by atoms with E-state index in [0.29, 0.717) is 17.1 Å². The lowest BCUT2D eigenvalue weighted by Crippen LogP contribution is -1.94. The third kappa shape index (κ3) is 1.86. The average molecular weight is 232 g/mol. The van der Waals surface area contributed by atoms with Crippen LogP contribution in [0.2, 0.25) is 0 Å². The van der Waals surface area contributed by atoms with Crippen LogP contribution in [0.1, 0.15) is 16.8 Å². The van der Waals surface area contributed by atoms with E-state index in [4.69, 9.17) is 15.0 Å². The first kappa shape index (κ1) is 11.5. The maximum atomic E-state index is 5.93. The summed E-state index contributed by atoms with van der Waals surface area (Å²) >= 11 is 0. The molecule has 2 rings (SSSR count). The first-order valence-corrected chi connectivity index (χ1v) is 5.42. The SMILES string of the molecule is COc1cc(C)c(C)cc1-c1onc(C)c1N. The van der Waals surface area contributed by atoms with Gasteiger partial charge in [0, 0.05) is 0 Å². The zero-order chi connectivity index (χ0) is 12.6. The van der Waals surface area contributed by atoms with Gasteiger partial charge in [0.2, 0.25) is 0 Å². The summed E-state index contributed by atoms with van der Waals surface area (Å²) in [5.74, 6) is 1.32. The molecule has 90 valence electrons. The Bertz CT molecular complexity index is 559. The molecule has 0 radical (unpaired) electrons. The second-order valence-corrected chi connectivity index (χ2v) is 4.15. The molecule has 4 heteroatoms. The van der Waals surface area contributed by atoms with Crippen LogP contribution in [0.5, 0.6) is 5.75 Å². The molecule has 0 unspecified atom stereocenters. The number of nitrogens with two attached hydrogens (primary N) is 1. The number of nitrogens with zero attached hydrogens (tertiary/aromatic N) is 1. The van der Waals surface area contributed by atoms with Crippen molar-refractivity contribution in [2.75, 3.05) is 12.8 Å². The monoisotopic (exact) mass is 232 g/mol. The molecule has 1 heterocycles. The zero-order valence-corrected chi connectivity index (χ0v) is 10.5. The van der Waals surface area contributed by atoms with Crippen LogP contribution in [0.15, 0.2) is 16.7 Å². The van der Waals surface area contributed by atoms with E-state index >= 15 is 0 Å². The Kier molecular flexibility index (Phi) is 2.79. The summed E-state index contributed by atoms with van der Waals surface area (Å²) in [6.45, 7) is 5.89. The summed E-state index contributed by atoms with van der Waals surface area (Å²) in [7, 11) is 1.63. The predicted octanol–water partition coefficient (Wildman–Crippen LogP) is 2.86. The molecule has 2 N–H and O–H groups in total. The third-order valence-electron chi connectivity index (χ3n) is 2.97. The second-order valence-electron chi connectivity index (χ2n) is 4.15. The number of benzene rings is 1. The van der Waals surface area contributed by atoms with Crippen molar-refractivity contribution in [3.05, 3.63) is 29.0 Å². The lowest BCUT2D eigenvalue weighted by atomic mass is 10.0. The Hall–Kier alpha value is -1.97. The highest BCUT2D eigenvalue weighted by Gasteiger charge is 2.17. The van der Waals surface area contributed by atoms with E-state index in [1.54, 1.807) is 7.11 Å². The standard InChI is InChI=1S/C13H16N2O2/c1-7-5-10(11(16-4)6-8(7)2)13-12(14)9(3)15-17-13/h5-6H,14H2,1-4H3. The van der Waals surface area contributed by atoms with Crippen LogP contribution in [-0.4, -0.2) is 12.3 Å². The van der Waals surface area contributed by atoms with E-state index in [1.807, 2.05) is 32.9 Å². The van der Waals surface area contributed by atoms with Crippen LogP contribution in [-0.2, 0) is 0 Å². The first-order valence-electron chi connectivity index (χ1n) is 5.42. The molecule has 0 bridgehead atoms. The molecule has 17 heavy (non-hydrogen) atoms. The minimum Gasteiger partial charge on any atom is -0.496 e. The number of ether oxygens (including phenoxy) is 1. The molecule has 0 aliphatic rings. The van der Waals surface area contributed by atoms with E-state index in [1.165, 1.54) is 5.56 Å². The Labute approximate surface area is 100 Å². The van der Waals surface area contributed by atoms with Crippen molar-refractivity contribution in [1.29, 1.82) is 0 Å². The highest BCUT2D eigenvalue weighted by atomic mass is 16.5. The number of aryl methyl sites for hydroxylation is 3. The minimum absolute atomic E-state index is 0.562. The molecule has 1 aromatic heterocycles. The van der Waals surface area contributed by atoms with Crippen LogP contribution in [0.4, 0.5) is 5.69 Å². The Morgan fingerprint density at radius 3 is 2.35 bits per heavy atom. The molecule has 0 aliphatic carbocycles. The van der Waals surface area contributed by atoms with Crippen molar-refractivity contribution in [2.45, 2.75) is 20.8 Å². The highest BCUT2D eigenvalue weighted by Crippen LogP contribution is 2.36. The molecule has 0 saturated heterocycles. The summed E-state index contributed by atoms with van der Waals surface area (Å²) in [5, 5.41) is 3.86. The number of anilines is 1. The second kappa shape index (κ2) is 4.13. The van der Waals surface area contributed by atoms with Gasteiger partial charge in [-0.2, -0.15) is 0 Å². The third-order valence-corrected chi connectivity index (χ3v) is 2.97. The molecule has 0 amide bonds. The molecule has 0 saturated carbocycles. The van der Waals surface area contributed by atoms with Gasteiger partial charge in [-0.15, -0.1) is 0 Å². The average Bonchev–Trinajstić information content (AvgIpc) is 2.63. The van der Waals surface area contributed by atoms with Gasteiger partial charge in [0.15, 0.2) is 5.76 Å². The first-order chi connectivity index (χ1) is 8.04. The number of methoxy groups -OCH3 is 1. The number of hydrogen-bond acceptors (Lipinski definition) is 4. The number of rotatable bonds is 2. The van der Waals surface area contributed by atoms with Crippen molar-refractivity contribution in [3.8, 4) is 17.1 Å². The lowest BCUT2D eigenvalue weighted by Gasteiger charge is -2.10.